The molecule has 0 fully saturated rings. The number of aryl methyl sites for hydroxylation is 1. The molecule has 19 heavy (non-hydrogen) atoms. The summed E-state index contributed by atoms with van der Waals surface area (Å²) in [4.78, 5) is 15.1. The summed E-state index contributed by atoms with van der Waals surface area (Å²) in [6.07, 6.45) is 1.35. The number of pyridine rings is 1. The van der Waals surface area contributed by atoms with Gasteiger partial charge in [0.1, 0.15) is 11.3 Å². The largest absolute Gasteiger partial charge is 0.497 e. The predicted octanol–water partition coefficient (Wildman–Crippen LogP) is 2.84. The van der Waals surface area contributed by atoms with E-state index in [9.17, 15) is 4.79 Å². The molecule has 1 aromatic carbocycles. The van der Waals surface area contributed by atoms with Crippen molar-refractivity contribution in [3.8, 4) is 5.75 Å². The number of anilines is 2. The number of aromatic carboxylic acids is 1. The Hall–Kier alpha value is -2.56. The monoisotopic (exact) mass is 258 g/mol. The molecule has 2 N–H and O–H groups in total. The SMILES string of the molecule is COc1cccc(Nc2cc(C)ncc2C(=O)O)c1. The van der Waals surface area contributed by atoms with Gasteiger partial charge in [0.05, 0.1) is 12.8 Å². The number of carboxylic acids is 1. The minimum Gasteiger partial charge on any atom is -0.497 e. The van der Waals surface area contributed by atoms with Gasteiger partial charge in [0.25, 0.3) is 0 Å². The Morgan fingerprint density at radius 3 is 2.84 bits per heavy atom. The summed E-state index contributed by atoms with van der Waals surface area (Å²) < 4.78 is 5.13. The fourth-order valence-corrected chi connectivity index (χ4v) is 1.69. The van der Waals surface area contributed by atoms with Gasteiger partial charge < -0.3 is 15.2 Å². The van der Waals surface area contributed by atoms with Gasteiger partial charge in [-0.3, -0.25) is 4.98 Å². The van der Waals surface area contributed by atoms with Crippen LogP contribution in [0.2, 0.25) is 0 Å². The molecule has 0 atom stereocenters. The number of nitrogens with zero attached hydrogens (tertiary/aromatic N) is 1. The quantitative estimate of drug-likeness (QED) is 0.882. The first-order chi connectivity index (χ1) is 9.10. The first-order valence-corrected chi connectivity index (χ1v) is 5.71. The molecule has 0 saturated heterocycles. The van der Waals surface area contributed by atoms with Crippen molar-refractivity contribution in [3.63, 3.8) is 0 Å². The van der Waals surface area contributed by atoms with E-state index in [0.717, 1.165) is 11.4 Å². The van der Waals surface area contributed by atoms with Gasteiger partial charge in [-0.1, -0.05) is 6.07 Å². The van der Waals surface area contributed by atoms with Crippen LogP contribution in [-0.4, -0.2) is 23.2 Å². The van der Waals surface area contributed by atoms with Crippen molar-refractivity contribution in [2.45, 2.75) is 6.92 Å². The number of ether oxygens (including phenoxy) is 1. The van der Waals surface area contributed by atoms with Gasteiger partial charge in [0.15, 0.2) is 0 Å². The summed E-state index contributed by atoms with van der Waals surface area (Å²) in [6.45, 7) is 1.81. The molecule has 98 valence electrons. The molecule has 1 aromatic heterocycles. The number of carbonyl (C=O) groups is 1. The summed E-state index contributed by atoms with van der Waals surface area (Å²) in [6, 6.07) is 8.98. The lowest BCUT2D eigenvalue weighted by molar-refractivity contribution is 0.0697. The summed E-state index contributed by atoms with van der Waals surface area (Å²) in [5.41, 5.74) is 2.14. The van der Waals surface area contributed by atoms with E-state index in [1.165, 1.54) is 6.20 Å². The van der Waals surface area contributed by atoms with Gasteiger partial charge in [0.2, 0.25) is 0 Å². The van der Waals surface area contributed by atoms with E-state index in [1.807, 2.05) is 25.1 Å². The molecule has 0 spiro atoms. The fourth-order valence-electron chi connectivity index (χ4n) is 1.69. The van der Waals surface area contributed by atoms with Crippen LogP contribution in [0, 0.1) is 6.92 Å². The molecule has 0 aliphatic heterocycles. The first kappa shape index (κ1) is 12.9. The smallest absolute Gasteiger partial charge is 0.339 e. The van der Waals surface area contributed by atoms with Gasteiger partial charge in [-0.15, -0.1) is 0 Å². The molecule has 0 amide bonds. The maximum Gasteiger partial charge on any atom is 0.339 e. The molecule has 0 aliphatic carbocycles. The Labute approximate surface area is 110 Å². The molecular formula is C14H14N2O3. The van der Waals surface area contributed by atoms with Crippen molar-refractivity contribution in [3.05, 3.63) is 47.8 Å². The lowest BCUT2D eigenvalue weighted by Gasteiger charge is -2.11. The molecule has 5 heteroatoms. The Bertz CT molecular complexity index is 611. The molecule has 0 bridgehead atoms. The third kappa shape index (κ3) is 3.01. The van der Waals surface area contributed by atoms with Crippen LogP contribution in [0.5, 0.6) is 5.75 Å². The van der Waals surface area contributed by atoms with E-state index < -0.39 is 5.97 Å². The molecule has 5 nitrogen and oxygen atoms in total. The number of carboxylic acid groups (broad SMARTS) is 1. The van der Waals surface area contributed by atoms with Crippen molar-refractivity contribution < 1.29 is 14.6 Å². The highest BCUT2D eigenvalue weighted by Crippen LogP contribution is 2.24. The molecule has 0 aliphatic rings. The third-order valence-electron chi connectivity index (χ3n) is 2.62. The second-order valence-corrected chi connectivity index (χ2v) is 4.03. The van der Waals surface area contributed by atoms with Crippen LogP contribution in [0.1, 0.15) is 16.1 Å². The van der Waals surface area contributed by atoms with E-state index in [1.54, 1.807) is 19.2 Å². The zero-order valence-corrected chi connectivity index (χ0v) is 10.7. The Morgan fingerprint density at radius 2 is 2.16 bits per heavy atom. The topological polar surface area (TPSA) is 71.5 Å². The highest BCUT2D eigenvalue weighted by molar-refractivity contribution is 5.94. The molecule has 2 rings (SSSR count). The number of aromatic nitrogens is 1. The number of benzene rings is 1. The molecule has 0 unspecified atom stereocenters. The summed E-state index contributed by atoms with van der Waals surface area (Å²) >= 11 is 0. The van der Waals surface area contributed by atoms with Crippen LogP contribution >= 0.6 is 0 Å². The zero-order valence-electron chi connectivity index (χ0n) is 10.7. The van der Waals surface area contributed by atoms with E-state index in [2.05, 4.69) is 10.3 Å². The van der Waals surface area contributed by atoms with E-state index in [4.69, 9.17) is 9.84 Å². The van der Waals surface area contributed by atoms with Crippen LogP contribution in [0.3, 0.4) is 0 Å². The predicted molar refractivity (Wildman–Crippen MR) is 72.2 cm³/mol. The second kappa shape index (κ2) is 5.39. The van der Waals surface area contributed by atoms with Gasteiger partial charge in [0, 0.05) is 23.6 Å². The molecule has 2 aromatic rings. The molecule has 1 heterocycles. The standard InChI is InChI=1S/C14H14N2O3/c1-9-6-13(12(8-15-9)14(17)18)16-10-4-3-5-11(7-10)19-2/h3-8H,1-2H3,(H,15,16)(H,17,18). The summed E-state index contributed by atoms with van der Waals surface area (Å²) in [7, 11) is 1.58. The Morgan fingerprint density at radius 1 is 1.37 bits per heavy atom. The average molecular weight is 258 g/mol. The van der Waals surface area contributed by atoms with Gasteiger partial charge in [-0.2, -0.15) is 0 Å². The van der Waals surface area contributed by atoms with E-state index in [-0.39, 0.29) is 5.56 Å². The number of hydrogen-bond donors (Lipinski definition) is 2. The lowest BCUT2D eigenvalue weighted by Crippen LogP contribution is -2.04. The maximum absolute atomic E-state index is 11.1. The fraction of sp³-hybridized carbons (Fsp3) is 0.143. The number of nitrogens with one attached hydrogen (secondary N) is 1. The highest BCUT2D eigenvalue weighted by atomic mass is 16.5. The number of methoxy groups -OCH3 is 1. The van der Waals surface area contributed by atoms with Crippen LogP contribution in [0.25, 0.3) is 0 Å². The van der Waals surface area contributed by atoms with Crippen molar-refractivity contribution >= 4 is 17.3 Å². The first-order valence-electron chi connectivity index (χ1n) is 5.71. The second-order valence-electron chi connectivity index (χ2n) is 4.03. The third-order valence-corrected chi connectivity index (χ3v) is 2.62. The normalized spacial score (nSPS) is 10.0. The van der Waals surface area contributed by atoms with E-state index >= 15 is 0 Å². The van der Waals surface area contributed by atoms with Gasteiger partial charge in [-0.25, -0.2) is 4.79 Å². The van der Waals surface area contributed by atoms with Crippen LogP contribution < -0.4 is 10.1 Å². The van der Waals surface area contributed by atoms with Crippen LogP contribution in [0.15, 0.2) is 36.5 Å². The highest BCUT2D eigenvalue weighted by Gasteiger charge is 2.11. The Kier molecular flexibility index (Phi) is 3.66. The zero-order chi connectivity index (χ0) is 13.8. The number of rotatable bonds is 4. The van der Waals surface area contributed by atoms with Crippen molar-refractivity contribution in [2.24, 2.45) is 0 Å². The minimum atomic E-state index is -1.02. The van der Waals surface area contributed by atoms with Crippen LogP contribution in [0.4, 0.5) is 11.4 Å². The number of hydrogen-bond acceptors (Lipinski definition) is 4. The van der Waals surface area contributed by atoms with E-state index in [0.29, 0.717) is 11.4 Å². The van der Waals surface area contributed by atoms with Crippen molar-refractivity contribution in [1.29, 1.82) is 0 Å². The summed E-state index contributed by atoms with van der Waals surface area (Å²) in [5.74, 6) is -0.314. The average Bonchev–Trinajstić information content (AvgIpc) is 2.38. The molecular weight excluding hydrogens is 244 g/mol. The molecule has 0 saturated carbocycles. The Balaban J connectivity index is 2.36. The summed E-state index contributed by atoms with van der Waals surface area (Å²) in [5, 5.41) is 12.2. The minimum absolute atomic E-state index is 0.133. The lowest BCUT2D eigenvalue weighted by atomic mass is 10.2. The van der Waals surface area contributed by atoms with Crippen LogP contribution in [-0.2, 0) is 0 Å². The van der Waals surface area contributed by atoms with Crippen molar-refractivity contribution in [1.82, 2.24) is 4.98 Å². The van der Waals surface area contributed by atoms with Gasteiger partial charge >= 0.3 is 5.97 Å². The maximum atomic E-state index is 11.1. The van der Waals surface area contributed by atoms with Crippen molar-refractivity contribution in [2.75, 3.05) is 12.4 Å². The van der Waals surface area contributed by atoms with Gasteiger partial charge in [-0.05, 0) is 25.1 Å². The molecule has 0 radical (unpaired) electrons.